The standard InChI is InChI=1S/C8H18N4/c1-2-12-7-6-11-8(12)10-5-3-4-9/h2-7,9H2,1H3,(H,10,11). The van der Waals surface area contributed by atoms with Gasteiger partial charge in [0.2, 0.25) is 0 Å². The Kier molecular flexibility index (Phi) is 3.87. The Morgan fingerprint density at radius 1 is 1.67 bits per heavy atom. The van der Waals surface area contributed by atoms with Crippen molar-refractivity contribution in [3.8, 4) is 0 Å². The lowest BCUT2D eigenvalue weighted by molar-refractivity contribution is 0.466. The topological polar surface area (TPSA) is 53.6 Å². The van der Waals surface area contributed by atoms with E-state index in [0.717, 1.165) is 45.1 Å². The Morgan fingerprint density at radius 2 is 2.50 bits per heavy atom. The second kappa shape index (κ2) is 4.98. The van der Waals surface area contributed by atoms with Crippen molar-refractivity contribution in [2.75, 3.05) is 32.7 Å². The zero-order valence-electron chi connectivity index (χ0n) is 7.71. The molecule has 0 fully saturated rings. The first-order valence-corrected chi connectivity index (χ1v) is 4.61. The Labute approximate surface area is 73.8 Å². The molecule has 70 valence electrons. The van der Waals surface area contributed by atoms with E-state index in [1.54, 1.807) is 0 Å². The van der Waals surface area contributed by atoms with Crippen LogP contribution in [0.5, 0.6) is 0 Å². The molecular formula is C8H18N4. The maximum Gasteiger partial charge on any atom is 0.194 e. The molecule has 4 nitrogen and oxygen atoms in total. The first-order valence-electron chi connectivity index (χ1n) is 4.61. The quantitative estimate of drug-likeness (QED) is 0.565. The lowest BCUT2D eigenvalue weighted by Gasteiger charge is -2.18. The van der Waals surface area contributed by atoms with Gasteiger partial charge < -0.3 is 16.0 Å². The van der Waals surface area contributed by atoms with E-state index >= 15 is 0 Å². The Balaban J connectivity index is 2.21. The molecule has 1 heterocycles. The average Bonchev–Trinajstić information content (AvgIpc) is 2.52. The molecular weight excluding hydrogens is 152 g/mol. The third-order valence-corrected chi connectivity index (χ3v) is 1.98. The van der Waals surface area contributed by atoms with Crippen LogP contribution in [0.2, 0.25) is 0 Å². The van der Waals surface area contributed by atoms with E-state index in [0.29, 0.717) is 0 Å². The average molecular weight is 170 g/mol. The summed E-state index contributed by atoms with van der Waals surface area (Å²) >= 11 is 0. The monoisotopic (exact) mass is 170 g/mol. The molecule has 0 aromatic rings. The van der Waals surface area contributed by atoms with Crippen LogP contribution in [0.25, 0.3) is 0 Å². The van der Waals surface area contributed by atoms with Gasteiger partial charge in [0.05, 0.1) is 6.54 Å². The summed E-state index contributed by atoms with van der Waals surface area (Å²) in [7, 11) is 0. The number of guanidine groups is 1. The van der Waals surface area contributed by atoms with Crippen LogP contribution in [-0.2, 0) is 0 Å². The van der Waals surface area contributed by atoms with Crippen LogP contribution >= 0.6 is 0 Å². The molecule has 0 radical (unpaired) electrons. The van der Waals surface area contributed by atoms with Gasteiger partial charge in [-0.2, -0.15) is 0 Å². The Hall–Kier alpha value is -0.770. The molecule has 0 aliphatic carbocycles. The second-order valence-electron chi connectivity index (χ2n) is 2.85. The van der Waals surface area contributed by atoms with Gasteiger partial charge in [-0.05, 0) is 19.9 Å². The van der Waals surface area contributed by atoms with Crippen molar-refractivity contribution in [2.24, 2.45) is 10.7 Å². The van der Waals surface area contributed by atoms with Gasteiger partial charge in [0.25, 0.3) is 0 Å². The number of nitrogens with zero attached hydrogens (tertiary/aromatic N) is 2. The van der Waals surface area contributed by atoms with Crippen LogP contribution in [0, 0.1) is 0 Å². The van der Waals surface area contributed by atoms with Crippen LogP contribution in [0.4, 0.5) is 0 Å². The smallest absolute Gasteiger partial charge is 0.194 e. The molecule has 0 saturated carbocycles. The van der Waals surface area contributed by atoms with E-state index in [1.165, 1.54) is 0 Å². The van der Waals surface area contributed by atoms with Crippen LogP contribution in [0.15, 0.2) is 4.99 Å². The minimum Gasteiger partial charge on any atom is -0.356 e. The molecule has 0 amide bonds. The first kappa shape index (κ1) is 9.32. The molecule has 1 aliphatic heterocycles. The summed E-state index contributed by atoms with van der Waals surface area (Å²) in [5.74, 6) is 1.05. The zero-order chi connectivity index (χ0) is 8.81. The molecule has 1 rings (SSSR count). The lowest BCUT2D eigenvalue weighted by Crippen LogP contribution is -2.39. The number of nitrogens with one attached hydrogen (secondary N) is 1. The number of likely N-dealkylation sites (N-methyl/N-ethyl adjacent to an activating group) is 1. The normalized spacial score (nSPS) is 16.5. The van der Waals surface area contributed by atoms with Crippen LogP contribution in [0.3, 0.4) is 0 Å². The van der Waals surface area contributed by atoms with Crippen molar-refractivity contribution < 1.29 is 0 Å². The number of hydrogen-bond acceptors (Lipinski definition) is 4. The van der Waals surface area contributed by atoms with E-state index < -0.39 is 0 Å². The molecule has 3 N–H and O–H groups in total. The summed E-state index contributed by atoms with van der Waals surface area (Å²) in [5, 5.41) is 3.28. The van der Waals surface area contributed by atoms with Gasteiger partial charge in [-0.3, -0.25) is 4.99 Å². The van der Waals surface area contributed by atoms with E-state index in [-0.39, 0.29) is 0 Å². The molecule has 0 spiro atoms. The predicted molar refractivity (Wildman–Crippen MR) is 51.2 cm³/mol. The molecule has 12 heavy (non-hydrogen) atoms. The van der Waals surface area contributed by atoms with Crippen molar-refractivity contribution >= 4 is 5.96 Å². The van der Waals surface area contributed by atoms with Gasteiger partial charge in [-0.15, -0.1) is 0 Å². The summed E-state index contributed by atoms with van der Waals surface area (Å²) in [6.45, 7) is 6.85. The Morgan fingerprint density at radius 3 is 3.17 bits per heavy atom. The summed E-state index contributed by atoms with van der Waals surface area (Å²) in [6, 6.07) is 0. The molecule has 1 aliphatic rings. The van der Waals surface area contributed by atoms with Crippen molar-refractivity contribution in [3.63, 3.8) is 0 Å². The zero-order valence-corrected chi connectivity index (χ0v) is 7.71. The molecule has 4 heteroatoms. The van der Waals surface area contributed by atoms with Crippen LogP contribution in [0.1, 0.15) is 13.3 Å². The SMILES string of the molecule is CCN1CCN=C1NCCCN. The minimum absolute atomic E-state index is 0.742. The number of nitrogens with two attached hydrogens (primary N) is 1. The summed E-state index contributed by atoms with van der Waals surface area (Å²) in [5.41, 5.74) is 5.39. The maximum absolute atomic E-state index is 5.39. The highest BCUT2D eigenvalue weighted by atomic mass is 15.3. The number of rotatable bonds is 4. The number of aliphatic imine (C=N–C) groups is 1. The van der Waals surface area contributed by atoms with E-state index in [1.807, 2.05) is 0 Å². The molecule has 0 bridgehead atoms. The fourth-order valence-corrected chi connectivity index (χ4v) is 1.26. The van der Waals surface area contributed by atoms with Crippen molar-refractivity contribution in [1.82, 2.24) is 10.2 Å². The van der Waals surface area contributed by atoms with Gasteiger partial charge in [-0.1, -0.05) is 0 Å². The molecule has 0 unspecified atom stereocenters. The van der Waals surface area contributed by atoms with Gasteiger partial charge in [0.15, 0.2) is 5.96 Å². The fraction of sp³-hybridized carbons (Fsp3) is 0.875. The summed E-state index contributed by atoms with van der Waals surface area (Å²) in [4.78, 5) is 6.60. The Bertz CT molecular complexity index is 155. The van der Waals surface area contributed by atoms with E-state index in [4.69, 9.17) is 5.73 Å². The molecule has 0 aromatic heterocycles. The minimum atomic E-state index is 0.742. The second-order valence-corrected chi connectivity index (χ2v) is 2.85. The highest BCUT2D eigenvalue weighted by molar-refractivity contribution is 5.81. The fourth-order valence-electron chi connectivity index (χ4n) is 1.26. The van der Waals surface area contributed by atoms with Gasteiger partial charge >= 0.3 is 0 Å². The van der Waals surface area contributed by atoms with Gasteiger partial charge in [0.1, 0.15) is 0 Å². The predicted octanol–water partition coefficient (Wildman–Crippen LogP) is -0.384. The van der Waals surface area contributed by atoms with Crippen LogP contribution < -0.4 is 11.1 Å². The van der Waals surface area contributed by atoms with Crippen molar-refractivity contribution in [3.05, 3.63) is 0 Å². The molecule has 0 atom stereocenters. The number of hydrogen-bond donors (Lipinski definition) is 2. The third kappa shape index (κ3) is 2.37. The first-order chi connectivity index (χ1) is 5.88. The summed E-state index contributed by atoms with van der Waals surface area (Å²) < 4.78 is 0. The molecule has 0 saturated heterocycles. The van der Waals surface area contributed by atoms with Crippen molar-refractivity contribution in [2.45, 2.75) is 13.3 Å². The van der Waals surface area contributed by atoms with E-state index in [2.05, 4.69) is 22.1 Å². The van der Waals surface area contributed by atoms with Crippen LogP contribution in [-0.4, -0.2) is 43.6 Å². The largest absolute Gasteiger partial charge is 0.356 e. The maximum atomic E-state index is 5.39. The van der Waals surface area contributed by atoms with Gasteiger partial charge in [-0.25, -0.2) is 0 Å². The van der Waals surface area contributed by atoms with E-state index in [9.17, 15) is 0 Å². The third-order valence-electron chi connectivity index (χ3n) is 1.98. The van der Waals surface area contributed by atoms with Gasteiger partial charge in [0, 0.05) is 19.6 Å². The van der Waals surface area contributed by atoms with Crippen molar-refractivity contribution in [1.29, 1.82) is 0 Å². The highest BCUT2D eigenvalue weighted by Gasteiger charge is 2.13. The summed E-state index contributed by atoms with van der Waals surface area (Å²) in [6.07, 6.45) is 1.01. The molecule has 0 aromatic carbocycles. The highest BCUT2D eigenvalue weighted by Crippen LogP contribution is 1.97. The lowest BCUT2D eigenvalue weighted by atomic mass is 10.4.